The smallest absolute Gasteiger partial charge is 0.222 e. The summed E-state index contributed by atoms with van der Waals surface area (Å²) in [7, 11) is 1.86. The highest BCUT2D eigenvalue weighted by Gasteiger charge is 2.31. The van der Waals surface area contributed by atoms with Gasteiger partial charge in [-0.25, -0.2) is 0 Å². The van der Waals surface area contributed by atoms with Crippen LogP contribution in [0, 0.1) is 5.92 Å². The predicted octanol–water partition coefficient (Wildman–Crippen LogP) is 2.04. The third kappa shape index (κ3) is 4.11. The summed E-state index contributed by atoms with van der Waals surface area (Å²) in [6.45, 7) is 3.59. The fourth-order valence-corrected chi connectivity index (χ4v) is 2.40. The Morgan fingerprint density at radius 1 is 1.53 bits per heavy atom. The molecule has 1 fully saturated rings. The van der Waals surface area contributed by atoms with E-state index in [1.807, 2.05) is 14.0 Å². The molecule has 0 radical (unpaired) electrons. The summed E-state index contributed by atoms with van der Waals surface area (Å²) < 4.78 is 5.47. The van der Waals surface area contributed by atoms with Crippen LogP contribution < -0.4 is 0 Å². The van der Waals surface area contributed by atoms with Crippen molar-refractivity contribution in [3.05, 3.63) is 0 Å². The van der Waals surface area contributed by atoms with Gasteiger partial charge in [0, 0.05) is 32.0 Å². The first kappa shape index (κ1) is 13.0. The largest absolute Gasteiger partial charge is 0.378 e. The summed E-state index contributed by atoms with van der Waals surface area (Å²) >= 11 is 3.33. The maximum Gasteiger partial charge on any atom is 0.222 e. The van der Waals surface area contributed by atoms with Crippen LogP contribution in [0.4, 0.5) is 0 Å². The van der Waals surface area contributed by atoms with E-state index in [2.05, 4.69) is 15.9 Å². The van der Waals surface area contributed by atoms with Gasteiger partial charge in [0.05, 0.1) is 6.10 Å². The van der Waals surface area contributed by atoms with Gasteiger partial charge in [0.1, 0.15) is 0 Å². The maximum absolute atomic E-state index is 11.7. The molecule has 15 heavy (non-hydrogen) atoms. The van der Waals surface area contributed by atoms with Gasteiger partial charge in [-0.3, -0.25) is 4.79 Å². The van der Waals surface area contributed by atoms with Crippen LogP contribution in [0.2, 0.25) is 0 Å². The van der Waals surface area contributed by atoms with E-state index in [1.54, 1.807) is 4.90 Å². The Balaban J connectivity index is 2.13. The van der Waals surface area contributed by atoms with E-state index >= 15 is 0 Å². The third-order valence-corrected chi connectivity index (χ3v) is 3.26. The van der Waals surface area contributed by atoms with E-state index in [-0.39, 0.29) is 5.91 Å². The van der Waals surface area contributed by atoms with E-state index in [4.69, 9.17) is 4.74 Å². The molecule has 0 aromatic rings. The normalized spacial score (nSPS) is 24.7. The van der Waals surface area contributed by atoms with E-state index in [9.17, 15) is 4.79 Å². The number of hydrogen-bond acceptors (Lipinski definition) is 2. The highest BCUT2D eigenvalue weighted by atomic mass is 79.9. The Bertz CT molecular complexity index is 205. The quantitative estimate of drug-likeness (QED) is 0.696. The van der Waals surface area contributed by atoms with E-state index < -0.39 is 0 Å². The second kappa shape index (κ2) is 6.48. The number of halogens is 1. The van der Waals surface area contributed by atoms with E-state index in [1.165, 1.54) is 0 Å². The van der Waals surface area contributed by atoms with Crippen LogP contribution >= 0.6 is 15.9 Å². The SMILES string of the molecule is CCOC1CC(CC(=O)N(C)CCBr)C1. The number of nitrogens with zero attached hydrogens (tertiary/aromatic N) is 1. The van der Waals surface area contributed by atoms with Crippen LogP contribution in [0.3, 0.4) is 0 Å². The number of carbonyl (C=O) groups is 1. The zero-order chi connectivity index (χ0) is 11.3. The molecule has 0 aliphatic heterocycles. The standard InChI is InChI=1S/C11H20BrNO2/c1-3-15-10-6-9(7-10)8-11(14)13(2)5-4-12/h9-10H,3-8H2,1-2H3. The van der Waals surface area contributed by atoms with Crippen LogP contribution in [0.5, 0.6) is 0 Å². The Hall–Kier alpha value is -0.0900. The monoisotopic (exact) mass is 277 g/mol. The molecule has 0 N–H and O–H groups in total. The van der Waals surface area contributed by atoms with Crippen LogP contribution in [0.25, 0.3) is 0 Å². The number of ether oxygens (including phenoxy) is 1. The minimum Gasteiger partial charge on any atom is -0.378 e. The Morgan fingerprint density at radius 3 is 2.73 bits per heavy atom. The first-order valence-corrected chi connectivity index (χ1v) is 6.71. The van der Waals surface area contributed by atoms with E-state index in [0.29, 0.717) is 18.4 Å². The van der Waals surface area contributed by atoms with Crippen LogP contribution in [-0.2, 0) is 9.53 Å². The minimum absolute atomic E-state index is 0.259. The average molecular weight is 278 g/mol. The molecule has 1 amide bonds. The Labute approximate surface area is 100 Å². The highest BCUT2D eigenvalue weighted by Crippen LogP contribution is 2.32. The number of carbonyl (C=O) groups excluding carboxylic acids is 1. The lowest BCUT2D eigenvalue weighted by Crippen LogP contribution is -2.37. The molecule has 1 saturated carbocycles. The summed E-state index contributed by atoms with van der Waals surface area (Å²) in [5.41, 5.74) is 0. The van der Waals surface area contributed by atoms with Crippen molar-refractivity contribution in [1.82, 2.24) is 4.90 Å². The van der Waals surface area contributed by atoms with Crippen LogP contribution in [0.1, 0.15) is 26.2 Å². The fourth-order valence-electron chi connectivity index (χ4n) is 1.87. The summed E-state index contributed by atoms with van der Waals surface area (Å²) in [6, 6.07) is 0. The summed E-state index contributed by atoms with van der Waals surface area (Å²) in [4.78, 5) is 13.5. The molecule has 88 valence electrons. The minimum atomic E-state index is 0.259. The maximum atomic E-state index is 11.7. The van der Waals surface area contributed by atoms with Crippen molar-refractivity contribution >= 4 is 21.8 Å². The lowest BCUT2D eigenvalue weighted by molar-refractivity contribution is -0.132. The first-order valence-electron chi connectivity index (χ1n) is 5.58. The lowest BCUT2D eigenvalue weighted by Gasteiger charge is -2.35. The molecule has 0 aromatic heterocycles. The van der Waals surface area contributed by atoms with Gasteiger partial charge in [-0.05, 0) is 25.7 Å². The summed E-state index contributed by atoms with van der Waals surface area (Å²) in [5.74, 6) is 0.807. The molecule has 4 heteroatoms. The molecule has 0 unspecified atom stereocenters. The predicted molar refractivity (Wildman–Crippen MR) is 64.2 cm³/mol. The van der Waals surface area contributed by atoms with Crippen LogP contribution in [-0.4, -0.2) is 42.4 Å². The second-order valence-electron chi connectivity index (χ2n) is 4.12. The molecule has 0 bridgehead atoms. The molecule has 1 rings (SSSR count). The van der Waals surface area contributed by atoms with Crippen molar-refractivity contribution in [2.45, 2.75) is 32.3 Å². The van der Waals surface area contributed by atoms with Gasteiger partial charge < -0.3 is 9.64 Å². The zero-order valence-corrected chi connectivity index (χ0v) is 11.1. The molecular weight excluding hydrogens is 258 g/mol. The van der Waals surface area contributed by atoms with Crippen molar-refractivity contribution in [1.29, 1.82) is 0 Å². The van der Waals surface area contributed by atoms with E-state index in [0.717, 1.165) is 31.3 Å². The molecule has 1 aliphatic rings. The molecule has 0 aromatic carbocycles. The third-order valence-electron chi connectivity index (χ3n) is 2.90. The number of amides is 1. The van der Waals surface area contributed by atoms with Gasteiger partial charge in [-0.1, -0.05) is 15.9 Å². The molecule has 0 atom stereocenters. The molecular formula is C11H20BrNO2. The first-order chi connectivity index (χ1) is 7.17. The highest BCUT2D eigenvalue weighted by molar-refractivity contribution is 9.09. The number of hydrogen-bond donors (Lipinski definition) is 0. The fraction of sp³-hybridized carbons (Fsp3) is 0.909. The lowest BCUT2D eigenvalue weighted by atomic mass is 9.80. The van der Waals surface area contributed by atoms with Gasteiger partial charge in [-0.15, -0.1) is 0 Å². The van der Waals surface area contributed by atoms with Crippen LogP contribution in [0.15, 0.2) is 0 Å². The van der Waals surface area contributed by atoms with Crippen molar-refractivity contribution in [3.8, 4) is 0 Å². The number of alkyl halides is 1. The van der Waals surface area contributed by atoms with Gasteiger partial charge >= 0.3 is 0 Å². The molecule has 3 nitrogen and oxygen atoms in total. The second-order valence-corrected chi connectivity index (χ2v) is 4.92. The summed E-state index contributed by atoms with van der Waals surface area (Å²) in [6.07, 6.45) is 3.21. The van der Waals surface area contributed by atoms with Gasteiger partial charge in [0.25, 0.3) is 0 Å². The van der Waals surface area contributed by atoms with Crippen molar-refractivity contribution < 1.29 is 9.53 Å². The molecule has 0 spiro atoms. The van der Waals surface area contributed by atoms with Crippen molar-refractivity contribution in [2.75, 3.05) is 25.5 Å². The Kier molecular flexibility index (Phi) is 5.61. The van der Waals surface area contributed by atoms with Gasteiger partial charge in [0.2, 0.25) is 5.91 Å². The zero-order valence-electron chi connectivity index (χ0n) is 9.54. The summed E-state index contributed by atoms with van der Waals surface area (Å²) in [5, 5.41) is 0.849. The van der Waals surface area contributed by atoms with Crippen molar-refractivity contribution in [3.63, 3.8) is 0 Å². The van der Waals surface area contributed by atoms with Gasteiger partial charge in [-0.2, -0.15) is 0 Å². The molecule has 0 saturated heterocycles. The topological polar surface area (TPSA) is 29.5 Å². The number of rotatable bonds is 6. The van der Waals surface area contributed by atoms with Crippen molar-refractivity contribution in [2.24, 2.45) is 5.92 Å². The Morgan fingerprint density at radius 2 is 2.20 bits per heavy atom. The molecule has 0 heterocycles. The average Bonchev–Trinajstić information content (AvgIpc) is 2.14. The van der Waals surface area contributed by atoms with Gasteiger partial charge in [0.15, 0.2) is 0 Å². The molecule has 1 aliphatic carbocycles.